The second kappa shape index (κ2) is 4.83. The molecule has 98 valence electrons. The molecule has 0 amide bonds. The van der Waals surface area contributed by atoms with E-state index in [1.165, 1.54) is 4.88 Å². The van der Waals surface area contributed by atoms with Crippen LogP contribution in [0, 0.1) is 0 Å². The quantitative estimate of drug-likeness (QED) is 0.800. The van der Waals surface area contributed by atoms with Gasteiger partial charge in [0.05, 0.1) is 11.1 Å². The van der Waals surface area contributed by atoms with Crippen molar-refractivity contribution in [1.29, 1.82) is 0 Å². The third-order valence-electron chi connectivity index (χ3n) is 3.09. The van der Waals surface area contributed by atoms with Gasteiger partial charge in [-0.3, -0.25) is 4.57 Å². The van der Waals surface area contributed by atoms with Crippen molar-refractivity contribution in [2.75, 3.05) is 5.73 Å². The van der Waals surface area contributed by atoms with Gasteiger partial charge in [-0.1, -0.05) is 24.6 Å². The zero-order chi connectivity index (χ0) is 13.4. The number of hydrogen-bond donors (Lipinski definition) is 1. The lowest BCUT2D eigenvalue weighted by Gasteiger charge is -2.17. The van der Waals surface area contributed by atoms with E-state index < -0.39 is 0 Å². The second-order valence-electron chi connectivity index (χ2n) is 4.28. The third kappa shape index (κ3) is 2.09. The van der Waals surface area contributed by atoms with Gasteiger partial charge in [0.15, 0.2) is 5.65 Å². The zero-order valence-corrected chi connectivity index (χ0v) is 11.9. The average molecular weight is 293 g/mol. The van der Waals surface area contributed by atoms with Crippen LogP contribution in [0.4, 0.5) is 5.95 Å². The SMILES string of the molecule is CCC(c1cccs1)n1c(N)nc2cc(Cl)cnc21. The molecule has 3 aromatic heterocycles. The van der Waals surface area contributed by atoms with Crippen molar-refractivity contribution in [3.8, 4) is 0 Å². The normalized spacial score (nSPS) is 12.9. The lowest BCUT2D eigenvalue weighted by molar-refractivity contribution is 0.595. The van der Waals surface area contributed by atoms with Crippen LogP contribution in [0.15, 0.2) is 29.8 Å². The van der Waals surface area contributed by atoms with Crippen LogP contribution in [0.25, 0.3) is 11.2 Å². The van der Waals surface area contributed by atoms with Crippen molar-refractivity contribution in [3.05, 3.63) is 39.7 Å². The number of rotatable bonds is 3. The van der Waals surface area contributed by atoms with E-state index in [0.717, 1.165) is 17.6 Å². The molecule has 6 heteroatoms. The van der Waals surface area contributed by atoms with E-state index in [2.05, 4.69) is 28.3 Å². The van der Waals surface area contributed by atoms with Gasteiger partial charge in [0, 0.05) is 11.1 Å². The Kier molecular flexibility index (Phi) is 3.16. The lowest BCUT2D eigenvalue weighted by Crippen LogP contribution is -2.12. The van der Waals surface area contributed by atoms with Gasteiger partial charge < -0.3 is 5.73 Å². The van der Waals surface area contributed by atoms with E-state index in [0.29, 0.717) is 11.0 Å². The van der Waals surface area contributed by atoms with Gasteiger partial charge in [-0.05, 0) is 23.9 Å². The molecule has 4 nitrogen and oxygen atoms in total. The second-order valence-corrected chi connectivity index (χ2v) is 5.69. The van der Waals surface area contributed by atoms with Gasteiger partial charge >= 0.3 is 0 Å². The van der Waals surface area contributed by atoms with Gasteiger partial charge in [-0.15, -0.1) is 11.3 Å². The number of thiophene rings is 1. The Morgan fingerprint density at radius 1 is 1.53 bits per heavy atom. The zero-order valence-electron chi connectivity index (χ0n) is 10.4. The molecule has 1 unspecified atom stereocenters. The number of nitrogen functional groups attached to an aromatic ring is 1. The molecule has 1 atom stereocenters. The van der Waals surface area contributed by atoms with Crippen LogP contribution >= 0.6 is 22.9 Å². The largest absolute Gasteiger partial charge is 0.369 e. The highest BCUT2D eigenvalue weighted by atomic mass is 35.5. The summed E-state index contributed by atoms with van der Waals surface area (Å²) < 4.78 is 1.98. The standard InChI is InChI=1S/C13H13ClN4S/c1-2-10(11-4-3-5-19-11)18-12-9(17-13(18)15)6-8(14)7-16-12/h3-7,10H,2H2,1H3,(H2,15,17). The molecule has 0 aliphatic heterocycles. The van der Waals surface area contributed by atoms with E-state index in [4.69, 9.17) is 17.3 Å². The molecule has 19 heavy (non-hydrogen) atoms. The van der Waals surface area contributed by atoms with Gasteiger partial charge in [0.25, 0.3) is 0 Å². The van der Waals surface area contributed by atoms with Crippen molar-refractivity contribution in [3.63, 3.8) is 0 Å². The molecule has 0 radical (unpaired) electrons. The van der Waals surface area contributed by atoms with Crippen molar-refractivity contribution < 1.29 is 0 Å². The highest BCUT2D eigenvalue weighted by Gasteiger charge is 2.19. The summed E-state index contributed by atoms with van der Waals surface area (Å²) in [5.41, 5.74) is 7.58. The molecule has 0 aliphatic carbocycles. The molecule has 0 spiro atoms. The Balaban J connectivity index is 2.21. The summed E-state index contributed by atoms with van der Waals surface area (Å²) in [6.45, 7) is 2.13. The number of nitrogens with two attached hydrogens (primary N) is 1. The van der Waals surface area contributed by atoms with Crippen LogP contribution in [0.3, 0.4) is 0 Å². The number of fused-ring (bicyclic) bond motifs is 1. The van der Waals surface area contributed by atoms with Crippen LogP contribution in [0.1, 0.15) is 24.3 Å². The van der Waals surface area contributed by atoms with E-state index in [-0.39, 0.29) is 6.04 Å². The van der Waals surface area contributed by atoms with Gasteiger partial charge in [-0.2, -0.15) is 0 Å². The highest BCUT2D eigenvalue weighted by molar-refractivity contribution is 7.10. The maximum atomic E-state index is 6.06. The first-order chi connectivity index (χ1) is 9.20. The summed E-state index contributed by atoms with van der Waals surface area (Å²) >= 11 is 7.66. The average Bonchev–Trinajstić information content (AvgIpc) is 2.99. The summed E-state index contributed by atoms with van der Waals surface area (Å²) in [7, 11) is 0. The Hall–Kier alpha value is -1.59. The Bertz CT molecular complexity index is 705. The first-order valence-electron chi connectivity index (χ1n) is 6.03. The van der Waals surface area contributed by atoms with Gasteiger partial charge in [-0.25, -0.2) is 9.97 Å². The van der Waals surface area contributed by atoms with Crippen LogP contribution in [0.2, 0.25) is 5.02 Å². The smallest absolute Gasteiger partial charge is 0.203 e. The molecule has 0 aliphatic rings. The molecule has 3 aromatic rings. The number of hydrogen-bond acceptors (Lipinski definition) is 4. The Morgan fingerprint density at radius 2 is 2.37 bits per heavy atom. The first kappa shape index (κ1) is 12.4. The van der Waals surface area contributed by atoms with E-state index >= 15 is 0 Å². The molecule has 0 saturated carbocycles. The van der Waals surface area contributed by atoms with E-state index in [9.17, 15) is 0 Å². The predicted octanol–water partition coefficient (Wildman–Crippen LogP) is 3.73. The molecule has 0 bridgehead atoms. The number of pyridine rings is 1. The van der Waals surface area contributed by atoms with Crippen molar-refractivity contribution >= 4 is 40.0 Å². The Labute approximate surface area is 119 Å². The first-order valence-corrected chi connectivity index (χ1v) is 7.28. The van der Waals surface area contributed by atoms with Crippen molar-refractivity contribution in [1.82, 2.24) is 14.5 Å². The summed E-state index contributed by atoms with van der Waals surface area (Å²) in [5.74, 6) is 0.477. The molecule has 2 N–H and O–H groups in total. The number of halogens is 1. The van der Waals surface area contributed by atoms with Crippen LogP contribution in [-0.2, 0) is 0 Å². The maximum Gasteiger partial charge on any atom is 0.203 e. The van der Waals surface area contributed by atoms with Crippen LogP contribution < -0.4 is 5.73 Å². The Morgan fingerprint density at radius 3 is 3.05 bits per heavy atom. The highest BCUT2D eigenvalue weighted by Crippen LogP contribution is 2.31. The minimum absolute atomic E-state index is 0.165. The number of nitrogens with zero attached hydrogens (tertiary/aromatic N) is 3. The summed E-state index contributed by atoms with van der Waals surface area (Å²) in [6, 6.07) is 6.11. The summed E-state index contributed by atoms with van der Waals surface area (Å²) in [6.07, 6.45) is 2.56. The van der Waals surface area contributed by atoms with Gasteiger partial charge in [0.1, 0.15) is 5.52 Å². The number of aromatic nitrogens is 3. The fraction of sp³-hybridized carbons (Fsp3) is 0.231. The van der Waals surface area contributed by atoms with Crippen molar-refractivity contribution in [2.24, 2.45) is 0 Å². The molecule has 0 fully saturated rings. The predicted molar refractivity (Wildman–Crippen MR) is 79.7 cm³/mol. The molecule has 3 rings (SSSR count). The summed E-state index contributed by atoms with van der Waals surface area (Å²) in [5, 5.41) is 2.64. The van der Waals surface area contributed by atoms with Gasteiger partial charge in [0.2, 0.25) is 5.95 Å². The molecular formula is C13H13ClN4S. The third-order valence-corrected chi connectivity index (χ3v) is 4.27. The summed E-state index contributed by atoms with van der Waals surface area (Å²) in [4.78, 5) is 9.98. The number of imidazole rings is 1. The van der Waals surface area contributed by atoms with Crippen LogP contribution in [-0.4, -0.2) is 14.5 Å². The minimum atomic E-state index is 0.165. The lowest BCUT2D eigenvalue weighted by atomic mass is 10.2. The fourth-order valence-corrected chi connectivity index (χ4v) is 3.33. The molecule has 3 heterocycles. The topological polar surface area (TPSA) is 56.7 Å². The molecule has 0 saturated heterocycles. The number of anilines is 1. The van der Waals surface area contributed by atoms with Crippen molar-refractivity contribution in [2.45, 2.75) is 19.4 Å². The maximum absolute atomic E-state index is 6.06. The fourth-order valence-electron chi connectivity index (χ4n) is 2.27. The molecular weight excluding hydrogens is 280 g/mol. The minimum Gasteiger partial charge on any atom is -0.369 e. The van der Waals surface area contributed by atoms with E-state index in [1.54, 1.807) is 23.6 Å². The van der Waals surface area contributed by atoms with E-state index in [1.807, 2.05) is 10.6 Å². The monoisotopic (exact) mass is 292 g/mol. The molecule has 0 aromatic carbocycles. The van der Waals surface area contributed by atoms with Crippen LogP contribution in [0.5, 0.6) is 0 Å².